The van der Waals surface area contributed by atoms with Gasteiger partial charge in [-0.25, -0.2) is 0 Å². The number of rotatable bonds is 13. The van der Waals surface area contributed by atoms with Gasteiger partial charge in [0.1, 0.15) is 5.75 Å². The van der Waals surface area contributed by atoms with Gasteiger partial charge in [0.25, 0.3) is 0 Å². The van der Waals surface area contributed by atoms with E-state index in [0.29, 0.717) is 42.4 Å². The zero-order valence-corrected chi connectivity index (χ0v) is 23.1. The molecule has 2 amide bonds. The lowest BCUT2D eigenvalue weighted by Gasteiger charge is -2.36. The lowest BCUT2D eigenvalue weighted by atomic mass is 9.68. The maximum absolute atomic E-state index is 13.3. The van der Waals surface area contributed by atoms with Crippen LogP contribution in [0.3, 0.4) is 0 Å². The monoisotopic (exact) mass is 593 g/mol. The summed E-state index contributed by atoms with van der Waals surface area (Å²) in [4.78, 5) is 38.3. The Balaban J connectivity index is 1.72. The second-order valence-corrected chi connectivity index (χ2v) is 11.0. The predicted molar refractivity (Wildman–Crippen MR) is 144 cm³/mol. The van der Waals surface area contributed by atoms with Crippen LogP contribution in [0, 0.1) is 17.8 Å². The molecular formula is C28H36BrNO8. The molecule has 1 fully saturated rings. The van der Waals surface area contributed by atoms with Gasteiger partial charge < -0.3 is 25.5 Å². The number of phenolic OH excluding ortho intramolecular Hbond substituents is 1. The molecule has 9 nitrogen and oxygen atoms in total. The van der Waals surface area contributed by atoms with Crippen molar-refractivity contribution in [3.8, 4) is 5.75 Å². The Labute approximate surface area is 230 Å². The highest BCUT2D eigenvalue weighted by molar-refractivity contribution is 9.10. The van der Waals surface area contributed by atoms with Gasteiger partial charge in [-0.3, -0.25) is 19.3 Å². The Morgan fingerprint density at radius 1 is 1.16 bits per heavy atom. The van der Waals surface area contributed by atoms with Gasteiger partial charge in [0.15, 0.2) is 0 Å². The van der Waals surface area contributed by atoms with Crippen molar-refractivity contribution in [2.45, 2.75) is 58.0 Å². The summed E-state index contributed by atoms with van der Waals surface area (Å²) in [6.07, 6.45) is 3.23. The third kappa shape index (κ3) is 6.91. The number of hydrogen-bond donors (Lipinski definition) is 5. The van der Waals surface area contributed by atoms with Gasteiger partial charge in [-0.2, -0.15) is 0 Å². The van der Waals surface area contributed by atoms with Crippen molar-refractivity contribution >= 4 is 39.8 Å². The molecule has 0 bridgehead atoms. The van der Waals surface area contributed by atoms with E-state index >= 15 is 0 Å². The van der Waals surface area contributed by atoms with E-state index in [1.54, 1.807) is 18.2 Å². The molecule has 3 rings (SSSR count). The topological polar surface area (TPSA) is 156 Å². The van der Waals surface area contributed by atoms with Gasteiger partial charge in [-0.1, -0.05) is 34.0 Å². The summed E-state index contributed by atoms with van der Waals surface area (Å²) in [6.45, 7) is 1.23. The molecule has 0 spiro atoms. The SMILES string of the molecule is C/C(=C\c1cc(Br)ccc1O)CC[C@@H](O)C1=C(CO)C[C@H]2C(=O)N(CCCCCC(=O)O)C(=O)[C@H]2[C@H]1CO. The van der Waals surface area contributed by atoms with Crippen molar-refractivity contribution < 1.29 is 39.9 Å². The molecule has 10 heteroatoms. The first-order chi connectivity index (χ1) is 18.1. The number of aliphatic hydroxyl groups is 3. The number of benzene rings is 1. The summed E-state index contributed by atoms with van der Waals surface area (Å²) in [6, 6.07) is 5.10. The van der Waals surface area contributed by atoms with E-state index in [0.717, 1.165) is 10.0 Å². The van der Waals surface area contributed by atoms with Crippen LogP contribution >= 0.6 is 15.9 Å². The molecule has 0 unspecified atom stereocenters. The number of phenols is 1. The Bertz CT molecular complexity index is 1110. The van der Waals surface area contributed by atoms with Gasteiger partial charge in [0, 0.05) is 28.9 Å². The minimum absolute atomic E-state index is 0.0312. The lowest BCUT2D eigenvalue weighted by molar-refractivity contribution is -0.141. The zero-order valence-electron chi connectivity index (χ0n) is 21.5. The number of halogens is 1. The van der Waals surface area contributed by atoms with Crippen LogP contribution in [-0.2, 0) is 14.4 Å². The van der Waals surface area contributed by atoms with Crippen LogP contribution in [0.25, 0.3) is 6.08 Å². The molecule has 4 atom stereocenters. The highest BCUT2D eigenvalue weighted by atomic mass is 79.9. The van der Waals surface area contributed by atoms with E-state index < -0.39 is 36.4 Å². The van der Waals surface area contributed by atoms with E-state index in [4.69, 9.17) is 5.11 Å². The fourth-order valence-corrected chi connectivity index (χ4v) is 5.99. The Morgan fingerprint density at radius 2 is 1.89 bits per heavy atom. The number of allylic oxidation sites excluding steroid dienone is 1. The van der Waals surface area contributed by atoms with Gasteiger partial charge in [-0.05, 0) is 68.4 Å². The van der Waals surface area contributed by atoms with Gasteiger partial charge in [0.05, 0.1) is 31.2 Å². The number of hydrogen-bond acceptors (Lipinski definition) is 7. The number of carboxylic acids is 1. The van der Waals surface area contributed by atoms with Crippen molar-refractivity contribution in [1.82, 2.24) is 4.90 Å². The van der Waals surface area contributed by atoms with E-state index in [-0.39, 0.29) is 50.0 Å². The van der Waals surface area contributed by atoms with Gasteiger partial charge >= 0.3 is 5.97 Å². The molecule has 5 N–H and O–H groups in total. The molecule has 208 valence electrons. The highest BCUT2D eigenvalue weighted by Gasteiger charge is 2.54. The smallest absolute Gasteiger partial charge is 0.303 e. The Morgan fingerprint density at radius 3 is 2.55 bits per heavy atom. The quantitative estimate of drug-likeness (QED) is 0.132. The summed E-state index contributed by atoms with van der Waals surface area (Å²) in [5.74, 6) is -3.77. The molecule has 1 aliphatic carbocycles. The van der Waals surface area contributed by atoms with Crippen LogP contribution in [0.1, 0.15) is 57.4 Å². The first-order valence-electron chi connectivity index (χ1n) is 12.9. The van der Waals surface area contributed by atoms with Crippen LogP contribution in [0.4, 0.5) is 0 Å². The fraction of sp³-hybridized carbons (Fsp3) is 0.536. The van der Waals surface area contributed by atoms with Crippen LogP contribution in [0.2, 0.25) is 0 Å². The summed E-state index contributed by atoms with van der Waals surface area (Å²) in [5, 5.41) is 50.4. The second-order valence-electron chi connectivity index (χ2n) is 10.1. The molecule has 0 radical (unpaired) electrons. The third-order valence-corrected chi connectivity index (χ3v) is 7.99. The summed E-state index contributed by atoms with van der Waals surface area (Å²) in [5.41, 5.74) is 2.44. The van der Waals surface area contributed by atoms with Crippen LogP contribution in [0.5, 0.6) is 5.75 Å². The standard InChI is InChI=1S/C28H36BrNO8/c1-16(11-17-12-19(29)7-9-22(17)33)6-8-23(34)25-18(14-31)13-20-26(21(25)15-32)28(38)30(27(20)37)10-4-2-3-5-24(35)36/h7,9,11-12,20-21,23,26,31-34H,2-6,8,10,13-15H2,1H3,(H,35,36)/b16-11+/t20-,21+,23-,26-/m1/s1. The van der Waals surface area contributed by atoms with E-state index in [9.17, 15) is 34.8 Å². The average Bonchev–Trinajstić information content (AvgIpc) is 3.12. The summed E-state index contributed by atoms with van der Waals surface area (Å²) in [7, 11) is 0. The van der Waals surface area contributed by atoms with E-state index in [2.05, 4.69) is 15.9 Å². The van der Waals surface area contributed by atoms with Crippen molar-refractivity contribution in [3.63, 3.8) is 0 Å². The van der Waals surface area contributed by atoms with Crippen LogP contribution in [0.15, 0.2) is 39.4 Å². The number of imide groups is 1. The summed E-state index contributed by atoms with van der Waals surface area (Å²) >= 11 is 3.38. The number of carbonyl (C=O) groups excluding carboxylic acids is 2. The Kier molecular flexibility index (Phi) is 10.7. The third-order valence-electron chi connectivity index (χ3n) is 7.50. The molecule has 1 heterocycles. The maximum Gasteiger partial charge on any atom is 0.303 e. The number of nitrogens with zero attached hydrogens (tertiary/aromatic N) is 1. The fourth-order valence-electron chi connectivity index (χ4n) is 5.61. The van der Waals surface area contributed by atoms with Crippen molar-refractivity contribution in [2.24, 2.45) is 17.8 Å². The first kappa shape index (κ1) is 30.0. The zero-order chi connectivity index (χ0) is 28.0. The van der Waals surface area contributed by atoms with Crippen molar-refractivity contribution in [3.05, 3.63) is 45.0 Å². The van der Waals surface area contributed by atoms with Gasteiger partial charge in [-0.15, -0.1) is 0 Å². The molecule has 38 heavy (non-hydrogen) atoms. The number of fused-ring (bicyclic) bond motifs is 1. The number of aliphatic carboxylic acids is 1. The molecule has 0 saturated carbocycles. The normalized spacial score (nSPS) is 22.7. The largest absolute Gasteiger partial charge is 0.507 e. The number of carboxylic acid groups (broad SMARTS) is 1. The Hall–Kier alpha value is -2.53. The number of amides is 2. The van der Waals surface area contributed by atoms with Crippen molar-refractivity contribution in [1.29, 1.82) is 0 Å². The van der Waals surface area contributed by atoms with Gasteiger partial charge in [0.2, 0.25) is 11.8 Å². The van der Waals surface area contributed by atoms with E-state index in [1.807, 2.05) is 13.0 Å². The molecule has 2 aliphatic rings. The highest BCUT2D eigenvalue weighted by Crippen LogP contribution is 2.46. The molecule has 1 aliphatic heterocycles. The number of likely N-dealkylation sites (tertiary alicyclic amines) is 1. The number of aliphatic hydroxyl groups excluding tert-OH is 3. The minimum Gasteiger partial charge on any atom is -0.507 e. The molecule has 1 aromatic carbocycles. The molecule has 1 saturated heterocycles. The van der Waals surface area contributed by atoms with Crippen LogP contribution in [-0.4, -0.2) is 74.1 Å². The number of carbonyl (C=O) groups is 3. The molecule has 0 aromatic heterocycles. The molecular weight excluding hydrogens is 558 g/mol. The maximum atomic E-state index is 13.3. The van der Waals surface area contributed by atoms with Crippen LogP contribution < -0.4 is 0 Å². The lowest BCUT2D eigenvalue weighted by Crippen LogP contribution is -2.39. The van der Waals surface area contributed by atoms with Crippen molar-refractivity contribution in [2.75, 3.05) is 19.8 Å². The second kappa shape index (κ2) is 13.5. The average molecular weight is 594 g/mol. The predicted octanol–water partition coefficient (Wildman–Crippen LogP) is 3.25. The number of aromatic hydroxyl groups is 1. The van der Waals surface area contributed by atoms with E-state index in [1.165, 1.54) is 4.90 Å². The minimum atomic E-state index is -1.03. The molecule has 1 aromatic rings. The number of unbranched alkanes of at least 4 members (excludes halogenated alkanes) is 2. The summed E-state index contributed by atoms with van der Waals surface area (Å²) < 4.78 is 0.819. The first-order valence-corrected chi connectivity index (χ1v) is 13.7.